The molecule has 0 saturated carbocycles. The second-order valence-electron chi connectivity index (χ2n) is 7.51. The molecule has 1 aromatic carbocycles. The molecule has 9 heteroatoms. The van der Waals surface area contributed by atoms with E-state index in [0.717, 1.165) is 15.3 Å². The first-order chi connectivity index (χ1) is 15.5. The van der Waals surface area contributed by atoms with Crippen LogP contribution in [0.25, 0.3) is 0 Å². The maximum atomic E-state index is 13.6. The molecule has 0 radical (unpaired) electrons. The second-order valence-corrected chi connectivity index (χ2v) is 11.5. The number of hydrogen-bond acceptors (Lipinski definition) is 6. The average molecular weight is 491 g/mol. The standard InChI is InChI=1S/C23H26N2O4S3/c1-2-18-7-8-19(15-22(18)32(27,28)25-9-11-29-12-10-25)23(26)24(16-20-5-3-13-30-20)17-21-6-4-14-31-21/h3-8,13-15H,2,9-12,16-17H2,1H3. The van der Waals surface area contributed by atoms with E-state index < -0.39 is 10.0 Å². The molecule has 1 amide bonds. The lowest BCUT2D eigenvalue weighted by Crippen LogP contribution is -2.41. The van der Waals surface area contributed by atoms with E-state index in [9.17, 15) is 13.2 Å². The number of ether oxygens (including phenoxy) is 1. The molecule has 0 bridgehead atoms. The maximum absolute atomic E-state index is 13.6. The number of amides is 1. The third-order valence-electron chi connectivity index (χ3n) is 5.42. The minimum absolute atomic E-state index is 0.173. The van der Waals surface area contributed by atoms with E-state index in [1.165, 1.54) is 4.31 Å². The Morgan fingerprint density at radius 2 is 1.66 bits per heavy atom. The van der Waals surface area contributed by atoms with Crippen LogP contribution in [0.2, 0.25) is 0 Å². The summed E-state index contributed by atoms with van der Waals surface area (Å²) in [5.41, 5.74) is 1.11. The summed E-state index contributed by atoms with van der Waals surface area (Å²) in [7, 11) is -3.70. The number of rotatable bonds is 8. The molecule has 32 heavy (non-hydrogen) atoms. The van der Waals surface area contributed by atoms with Crippen molar-refractivity contribution in [1.82, 2.24) is 9.21 Å². The molecule has 0 spiro atoms. The van der Waals surface area contributed by atoms with Crippen LogP contribution < -0.4 is 0 Å². The lowest BCUT2D eigenvalue weighted by Gasteiger charge is -2.27. The summed E-state index contributed by atoms with van der Waals surface area (Å²) in [4.78, 5) is 17.7. The van der Waals surface area contributed by atoms with E-state index in [1.54, 1.807) is 45.8 Å². The zero-order valence-corrected chi connectivity index (χ0v) is 20.3. The topological polar surface area (TPSA) is 66.9 Å². The zero-order valence-electron chi connectivity index (χ0n) is 17.9. The monoisotopic (exact) mass is 490 g/mol. The van der Waals surface area contributed by atoms with Gasteiger partial charge in [0.05, 0.1) is 31.2 Å². The number of aryl methyl sites for hydroxylation is 1. The summed E-state index contributed by atoms with van der Waals surface area (Å²) in [6, 6.07) is 13.0. The van der Waals surface area contributed by atoms with Crippen LogP contribution in [0.4, 0.5) is 0 Å². The highest BCUT2D eigenvalue weighted by atomic mass is 32.2. The first-order valence-electron chi connectivity index (χ1n) is 10.5. The first-order valence-corrected chi connectivity index (χ1v) is 13.7. The van der Waals surface area contributed by atoms with E-state index in [-0.39, 0.29) is 10.8 Å². The van der Waals surface area contributed by atoms with Crippen molar-refractivity contribution >= 4 is 38.6 Å². The van der Waals surface area contributed by atoms with E-state index >= 15 is 0 Å². The molecule has 0 unspecified atom stereocenters. The van der Waals surface area contributed by atoms with E-state index in [1.807, 2.05) is 41.9 Å². The van der Waals surface area contributed by atoms with Crippen LogP contribution in [0.15, 0.2) is 58.1 Å². The van der Waals surface area contributed by atoms with Gasteiger partial charge in [0.25, 0.3) is 5.91 Å². The van der Waals surface area contributed by atoms with Crippen LogP contribution >= 0.6 is 22.7 Å². The van der Waals surface area contributed by atoms with Gasteiger partial charge in [-0.05, 0) is 47.0 Å². The number of hydrogen-bond donors (Lipinski definition) is 0. The molecule has 4 rings (SSSR count). The van der Waals surface area contributed by atoms with Crippen LogP contribution in [-0.2, 0) is 34.3 Å². The van der Waals surface area contributed by atoms with Gasteiger partial charge in [0.2, 0.25) is 10.0 Å². The van der Waals surface area contributed by atoms with Gasteiger partial charge in [0.1, 0.15) is 0 Å². The molecule has 3 aromatic rings. The van der Waals surface area contributed by atoms with Gasteiger partial charge in [-0.3, -0.25) is 4.79 Å². The van der Waals surface area contributed by atoms with Crippen LogP contribution in [0.1, 0.15) is 32.6 Å². The fraction of sp³-hybridized carbons (Fsp3) is 0.348. The van der Waals surface area contributed by atoms with E-state index in [0.29, 0.717) is 51.4 Å². The van der Waals surface area contributed by atoms with Crippen molar-refractivity contribution in [3.63, 3.8) is 0 Å². The Morgan fingerprint density at radius 3 is 2.19 bits per heavy atom. The van der Waals surface area contributed by atoms with Gasteiger partial charge in [-0.2, -0.15) is 4.31 Å². The van der Waals surface area contributed by atoms with Crippen LogP contribution in [-0.4, -0.2) is 49.8 Å². The predicted octanol–water partition coefficient (Wildman–Crippen LogP) is 4.24. The SMILES string of the molecule is CCc1ccc(C(=O)N(Cc2cccs2)Cc2cccs2)cc1S(=O)(=O)N1CCOCC1. The van der Waals surface area contributed by atoms with E-state index in [4.69, 9.17) is 4.74 Å². The minimum Gasteiger partial charge on any atom is -0.379 e. The lowest BCUT2D eigenvalue weighted by atomic mass is 10.1. The van der Waals surface area contributed by atoms with Crippen LogP contribution in [0.3, 0.4) is 0 Å². The highest BCUT2D eigenvalue weighted by Gasteiger charge is 2.29. The number of sulfonamides is 1. The molecule has 3 heterocycles. The summed E-state index contributed by atoms with van der Waals surface area (Å²) in [5.74, 6) is -0.173. The Balaban J connectivity index is 1.67. The number of carbonyl (C=O) groups excluding carboxylic acids is 1. The molecule has 0 aliphatic carbocycles. The van der Waals surface area contributed by atoms with Crippen molar-refractivity contribution in [2.75, 3.05) is 26.3 Å². The summed E-state index contributed by atoms with van der Waals surface area (Å²) in [6.07, 6.45) is 0.571. The summed E-state index contributed by atoms with van der Waals surface area (Å²) in [5, 5.41) is 3.98. The molecule has 0 atom stereocenters. The van der Waals surface area contributed by atoms with Crippen molar-refractivity contribution in [2.24, 2.45) is 0 Å². The molecule has 1 aliphatic heterocycles. The molecule has 2 aromatic heterocycles. The molecular formula is C23H26N2O4S3. The van der Waals surface area contributed by atoms with Gasteiger partial charge in [0, 0.05) is 28.4 Å². The fourth-order valence-electron chi connectivity index (χ4n) is 3.71. The molecule has 6 nitrogen and oxygen atoms in total. The van der Waals surface area contributed by atoms with Gasteiger partial charge in [-0.1, -0.05) is 25.1 Å². The Hall–Kier alpha value is -2.04. The Morgan fingerprint density at radius 1 is 1.03 bits per heavy atom. The third-order valence-corrected chi connectivity index (χ3v) is 9.13. The normalized spacial score (nSPS) is 15.0. The van der Waals surface area contributed by atoms with Gasteiger partial charge >= 0.3 is 0 Å². The smallest absolute Gasteiger partial charge is 0.254 e. The second kappa shape index (κ2) is 10.3. The van der Waals surface area contributed by atoms with Gasteiger partial charge in [0.15, 0.2) is 0 Å². The summed E-state index contributed by atoms with van der Waals surface area (Å²) in [6.45, 7) is 4.31. The minimum atomic E-state index is -3.70. The van der Waals surface area contributed by atoms with Crippen molar-refractivity contribution in [2.45, 2.75) is 31.3 Å². The molecule has 170 valence electrons. The third kappa shape index (κ3) is 5.13. The number of thiophene rings is 2. The Kier molecular flexibility index (Phi) is 7.42. The molecular weight excluding hydrogens is 464 g/mol. The number of nitrogens with zero attached hydrogens (tertiary/aromatic N) is 2. The zero-order chi connectivity index (χ0) is 22.6. The fourth-order valence-corrected chi connectivity index (χ4v) is 6.88. The van der Waals surface area contributed by atoms with Crippen molar-refractivity contribution in [3.8, 4) is 0 Å². The van der Waals surface area contributed by atoms with Crippen molar-refractivity contribution in [1.29, 1.82) is 0 Å². The summed E-state index contributed by atoms with van der Waals surface area (Å²) >= 11 is 3.21. The van der Waals surface area contributed by atoms with Crippen molar-refractivity contribution < 1.29 is 17.9 Å². The first kappa shape index (κ1) is 23.1. The van der Waals surface area contributed by atoms with Crippen molar-refractivity contribution in [3.05, 3.63) is 74.1 Å². The highest BCUT2D eigenvalue weighted by molar-refractivity contribution is 7.89. The maximum Gasteiger partial charge on any atom is 0.254 e. The van der Waals surface area contributed by atoms with Gasteiger partial charge < -0.3 is 9.64 Å². The van der Waals surface area contributed by atoms with Crippen LogP contribution in [0, 0.1) is 0 Å². The highest BCUT2D eigenvalue weighted by Crippen LogP contribution is 2.26. The largest absolute Gasteiger partial charge is 0.379 e. The van der Waals surface area contributed by atoms with Gasteiger partial charge in [-0.25, -0.2) is 8.42 Å². The number of carbonyl (C=O) groups is 1. The molecule has 1 fully saturated rings. The molecule has 0 N–H and O–H groups in total. The number of morpholine rings is 1. The predicted molar refractivity (Wildman–Crippen MR) is 128 cm³/mol. The summed E-state index contributed by atoms with van der Waals surface area (Å²) < 4.78 is 33.5. The molecule has 1 saturated heterocycles. The Bertz CT molecular complexity index is 1100. The number of benzene rings is 1. The Labute approximate surface area is 197 Å². The van der Waals surface area contributed by atoms with E-state index in [2.05, 4.69) is 0 Å². The quantitative estimate of drug-likeness (QED) is 0.474. The average Bonchev–Trinajstić information content (AvgIpc) is 3.53. The van der Waals surface area contributed by atoms with Crippen LogP contribution in [0.5, 0.6) is 0 Å². The lowest BCUT2D eigenvalue weighted by molar-refractivity contribution is 0.0726. The van der Waals surface area contributed by atoms with Gasteiger partial charge in [-0.15, -0.1) is 22.7 Å². The molecule has 1 aliphatic rings.